The number of anilines is 1. The van der Waals surface area contributed by atoms with Gasteiger partial charge in [0.2, 0.25) is 0 Å². The van der Waals surface area contributed by atoms with Crippen molar-refractivity contribution >= 4 is 21.6 Å². The minimum atomic E-state index is -3.68. The van der Waals surface area contributed by atoms with Crippen molar-refractivity contribution in [3.05, 3.63) is 60.2 Å². The summed E-state index contributed by atoms with van der Waals surface area (Å²) in [5.41, 5.74) is 1.07. The van der Waals surface area contributed by atoms with Crippen molar-refractivity contribution in [2.24, 2.45) is 0 Å². The van der Waals surface area contributed by atoms with E-state index >= 15 is 0 Å². The molecule has 0 atom stereocenters. The van der Waals surface area contributed by atoms with E-state index in [1.54, 1.807) is 43.3 Å². The van der Waals surface area contributed by atoms with E-state index in [0.717, 1.165) is 12.8 Å². The van der Waals surface area contributed by atoms with Crippen LogP contribution in [0.1, 0.15) is 44.0 Å². The Labute approximate surface area is 156 Å². The van der Waals surface area contributed by atoms with Crippen LogP contribution in [-0.2, 0) is 10.0 Å². The predicted molar refractivity (Wildman–Crippen MR) is 105 cm³/mol. The molecule has 0 aliphatic heterocycles. The number of carbonyl (C=O) groups is 1. The SMILES string of the molecule is CCC(CC)NC(=O)c1ccc(S(=O)(=O)N(CC)c2ccccc2)cc1. The molecule has 0 aliphatic carbocycles. The van der Waals surface area contributed by atoms with Crippen LogP contribution in [0.25, 0.3) is 0 Å². The van der Waals surface area contributed by atoms with E-state index in [1.807, 2.05) is 19.9 Å². The molecule has 1 N–H and O–H groups in total. The van der Waals surface area contributed by atoms with Gasteiger partial charge in [-0.25, -0.2) is 8.42 Å². The first-order valence-electron chi connectivity index (χ1n) is 8.92. The predicted octanol–water partition coefficient (Wildman–Crippen LogP) is 3.82. The van der Waals surface area contributed by atoms with Crippen LogP contribution in [0.5, 0.6) is 0 Å². The maximum atomic E-state index is 12.9. The first-order chi connectivity index (χ1) is 12.4. The largest absolute Gasteiger partial charge is 0.349 e. The van der Waals surface area contributed by atoms with Crippen LogP contribution >= 0.6 is 0 Å². The van der Waals surface area contributed by atoms with Crippen molar-refractivity contribution in [1.29, 1.82) is 0 Å². The third-order valence-electron chi connectivity index (χ3n) is 4.36. The number of carbonyl (C=O) groups excluding carboxylic acids is 1. The molecule has 0 fully saturated rings. The lowest BCUT2D eigenvalue weighted by Gasteiger charge is -2.23. The number of para-hydroxylation sites is 1. The zero-order chi connectivity index (χ0) is 19.2. The molecule has 0 bridgehead atoms. The Morgan fingerprint density at radius 1 is 0.962 bits per heavy atom. The van der Waals surface area contributed by atoms with E-state index in [-0.39, 0.29) is 16.8 Å². The Kier molecular flexibility index (Phi) is 6.80. The Hall–Kier alpha value is -2.34. The summed E-state index contributed by atoms with van der Waals surface area (Å²) in [6.07, 6.45) is 1.72. The van der Waals surface area contributed by atoms with Crippen LogP contribution in [0, 0.1) is 0 Å². The summed E-state index contributed by atoms with van der Waals surface area (Å²) < 4.78 is 27.2. The number of benzene rings is 2. The lowest BCUT2D eigenvalue weighted by atomic mass is 10.1. The molecule has 140 valence electrons. The highest BCUT2D eigenvalue weighted by atomic mass is 32.2. The van der Waals surface area contributed by atoms with Gasteiger partial charge in [-0.05, 0) is 56.2 Å². The molecule has 0 saturated carbocycles. The van der Waals surface area contributed by atoms with E-state index in [2.05, 4.69) is 5.32 Å². The second-order valence-electron chi connectivity index (χ2n) is 6.02. The number of hydrogen-bond donors (Lipinski definition) is 1. The number of rotatable bonds is 8. The highest BCUT2D eigenvalue weighted by Gasteiger charge is 2.23. The fraction of sp³-hybridized carbons (Fsp3) is 0.350. The van der Waals surface area contributed by atoms with Crippen molar-refractivity contribution in [3.63, 3.8) is 0 Å². The summed E-state index contributed by atoms with van der Waals surface area (Å²) in [5, 5.41) is 2.95. The minimum Gasteiger partial charge on any atom is -0.349 e. The number of sulfonamides is 1. The molecule has 0 radical (unpaired) electrons. The molecular formula is C20H26N2O3S. The molecule has 2 aromatic rings. The maximum Gasteiger partial charge on any atom is 0.264 e. The van der Waals surface area contributed by atoms with E-state index < -0.39 is 10.0 Å². The average Bonchev–Trinajstić information content (AvgIpc) is 2.67. The van der Waals surface area contributed by atoms with E-state index in [4.69, 9.17) is 0 Å². The van der Waals surface area contributed by atoms with Gasteiger partial charge in [-0.3, -0.25) is 9.10 Å². The van der Waals surface area contributed by atoms with Crippen LogP contribution in [0.3, 0.4) is 0 Å². The molecule has 2 rings (SSSR count). The van der Waals surface area contributed by atoms with Gasteiger partial charge in [0.15, 0.2) is 0 Å². The molecule has 26 heavy (non-hydrogen) atoms. The number of amides is 1. The third kappa shape index (κ3) is 4.43. The molecule has 2 aromatic carbocycles. The van der Waals surface area contributed by atoms with Crippen molar-refractivity contribution < 1.29 is 13.2 Å². The van der Waals surface area contributed by atoms with Gasteiger partial charge in [-0.2, -0.15) is 0 Å². The third-order valence-corrected chi connectivity index (χ3v) is 6.27. The quantitative estimate of drug-likeness (QED) is 0.764. The molecule has 0 heterocycles. The normalized spacial score (nSPS) is 11.4. The van der Waals surface area contributed by atoms with Gasteiger partial charge in [-0.15, -0.1) is 0 Å². The van der Waals surface area contributed by atoms with Crippen LogP contribution in [-0.4, -0.2) is 26.9 Å². The lowest BCUT2D eigenvalue weighted by Crippen LogP contribution is -2.34. The molecule has 0 saturated heterocycles. The van der Waals surface area contributed by atoms with E-state index in [1.165, 1.54) is 16.4 Å². The van der Waals surface area contributed by atoms with E-state index in [0.29, 0.717) is 17.8 Å². The Morgan fingerprint density at radius 2 is 1.54 bits per heavy atom. The smallest absolute Gasteiger partial charge is 0.264 e. The molecule has 6 heteroatoms. The standard InChI is InChI=1S/C20H26N2O3S/c1-4-17(5-2)21-20(23)16-12-14-19(15-13-16)26(24,25)22(6-3)18-10-8-7-9-11-18/h7-15,17H,4-6H2,1-3H3,(H,21,23). The minimum absolute atomic E-state index is 0.125. The van der Waals surface area contributed by atoms with Gasteiger partial charge in [0.1, 0.15) is 0 Å². The topological polar surface area (TPSA) is 66.5 Å². The molecule has 1 amide bonds. The first-order valence-corrected chi connectivity index (χ1v) is 10.4. The second kappa shape index (κ2) is 8.85. The summed E-state index contributed by atoms with van der Waals surface area (Å²) in [6.45, 7) is 6.16. The number of hydrogen-bond acceptors (Lipinski definition) is 3. The fourth-order valence-corrected chi connectivity index (χ4v) is 4.23. The number of nitrogens with zero attached hydrogens (tertiary/aromatic N) is 1. The van der Waals surface area contributed by atoms with Crippen LogP contribution in [0.2, 0.25) is 0 Å². The fourth-order valence-electron chi connectivity index (χ4n) is 2.75. The molecule has 0 spiro atoms. The Balaban J connectivity index is 2.24. The first kappa shape index (κ1) is 20.0. The second-order valence-corrected chi connectivity index (χ2v) is 7.88. The molecular weight excluding hydrogens is 348 g/mol. The van der Waals surface area contributed by atoms with Crippen LogP contribution < -0.4 is 9.62 Å². The van der Waals surface area contributed by atoms with Crippen molar-refractivity contribution in [3.8, 4) is 0 Å². The summed E-state index contributed by atoms with van der Waals surface area (Å²) in [5.74, 6) is -0.182. The summed E-state index contributed by atoms with van der Waals surface area (Å²) in [4.78, 5) is 12.4. The highest BCUT2D eigenvalue weighted by molar-refractivity contribution is 7.92. The van der Waals surface area contributed by atoms with Gasteiger partial charge >= 0.3 is 0 Å². The Morgan fingerprint density at radius 3 is 2.04 bits per heavy atom. The highest BCUT2D eigenvalue weighted by Crippen LogP contribution is 2.23. The zero-order valence-corrected chi connectivity index (χ0v) is 16.3. The Bertz CT molecular complexity index is 814. The summed E-state index contributed by atoms with van der Waals surface area (Å²) in [7, 11) is -3.68. The summed E-state index contributed by atoms with van der Waals surface area (Å²) in [6, 6.07) is 15.2. The summed E-state index contributed by atoms with van der Waals surface area (Å²) >= 11 is 0. The van der Waals surface area contributed by atoms with Crippen LogP contribution in [0.15, 0.2) is 59.5 Å². The molecule has 5 nitrogen and oxygen atoms in total. The monoisotopic (exact) mass is 374 g/mol. The number of nitrogens with one attached hydrogen (secondary N) is 1. The zero-order valence-electron chi connectivity index (χ0n) is 15.5. The van der Waals surface area contributed by atoms with Gasteiger partial charge < -0.3 is 5.32 Å². The molecule has 0 aliphatic rings. The lowest BCUT2D eigenvalue weighted by molar-refractivity contribution is 0.0934. The molecule has 0 aromatic heterocycles. The van der Waals surface area contributed by atoms with Gasteiger partial charge in [0.05, 0.1) is 10.6 Å². The van der Waals surface area contributed by atoms with Gasteiger partial charge in [0, 0.05) is 18.2 Å². The molecule has 0 unspecified atom stereocenters. The van der Waals surface area contributed by atoms with Gasteiger partial charge in [0.25, 0.3) is 15.9 Å². The van der Waals surface area contributed by atoms with Gasteiger partial charge in [-0.1, -0.05) is 32.0 Å². The average molecular weight is 375 g/mol. The van der Waals surface area contributed by atoms with Crippen LogP contribution in [0.4, 0.5) is 5.69 Å². The van der Waals surface area contributed by atoms with Crippen molar-refractivity contribution in [2.75, 3.05) is 10.8 Å². The maximum absolute atomic E-state index is 12.9. The van der Waals surface area contributed by atoms with E-state index in [9.17, 15) is 13.2 Å². The van der Waals surface area contributed by atoms with Crippen molar-refractivity contribution in [1.82, 2.24) is 5.32 Å². The van der Waals surface area contributed by atoms with Crippen molar-refractivity contribution in [2.45, 2.75) is 44.6 Å².